The van der Waals surface area contributed by atoms with Crippen LogP contribution >= 0.6 is 11.6 Å². The average Bonchev–Trinajstić information content (AvgIpc) is 3.73. The van der Waals surface area contributed by atoms with E-state index in [-0.39, 0.29) is 77.5 Å². The van der Waals surface area contributed by atoms with E-state index >= 15 is 0 Å². The molecule has 0 saturated carbocycles. The molecule has 0 radical (unpaired) electrons. The molecule has 9 aromatic rings. The van der Waals surface area contributed by atoms with Gasteiger partial charge >= 0.3 is 0 Å². The Morgan fingerprint density at radius 2 is 1.09 bits per heavy atom. The van der Waals surface area contributed by atoms with Crippen LogP contribution in [0, 0.1) is 0 Å². The van der Waals surface area contributed by atoms with Crippen LogP contribution in [0.2, 0.25) is 0 Å². The molecule has 0 saturated heterocycles. The number of hydrogen-bond acceptors (Lipinski definition) is 2. The third-order valence-corrected chi connectivity index (χ3v) is 15.8. The molecule has 0 N–H and O–H groups in total. The molecule has 2 nitrogen and oxygen atoms in total. The van der Waals surface area contributed by atoms with Crippen LogP contribution < -0.4 is 36.4 Å². The number of ether oxygens (including phenoxy) is 1. The summed E-state index contributed by atoms with van der Waals surface area (Å²) >= 11 is 0.907. The Kier molecular flexibility index (Phi) is 4.12. The van der Waals surface area contributed by atoms with Gasteiger partial charge in [0, 0.05) is 27.4 Å². The molecule has 11 rings (SSSR count). The van der Waals surface area contributed by atoms with E-state index in [0.29, 0.717) is 0 Å². The third-order valence-electron chi connectivity index (χ3n) is 9.91. The summed E-state index contributed by atoms with van der Waals surface area (Å²) in [5.41, 5.74) is -1.22. The van der Waals surface area contributed by atoms with Crippen LogP contribution in [0.1, 0.15) is 23.3 Å². The highest BCUT2D eigenvalue weighted by atomic mass is 32.2. The molecule has 0 bridgehead atoms. The zero-order valence-electron chi connectivity index (χ0n) is 44.5. The van der Waals surface area contributed by atoms with E-state index in [1.807, 2.05) is 91.0 Å². The van der Waals surface area contributed by atoms with Gasteiger partial charge in [-0.15, -0.1) is 0 Å². The largest absolute Gasteiger partial charge is 0.458 e. The minimum Gasteiger partial charge on any atom is -0.458 e. The Bertz CT molecular complexity index is 3650. The van der Waals surface area contributed by atoms with Crippen molar-refractivity contribution >= 4 is 79.2 Å². The maximum absolute atomic E-state index is 10.5. The summed E-state index contributed by atoms with van der Waals surface area (Å²) in [4.78, 5) is 0.0295. The van der Waals surface area contributed by atoms with Crippen molar-refractivity contribution < 1.29 is 28.0 Å². The van der Waals surface area contributed by atoms with Crippen molar-refractivity contribution in [3.8, 4) is 28.3 Å². The second-order valence-electron chi connectivity index (χ2n) is 12.6. The van der Waals surface area contributed by atoms with Crippen LogP contribution in [-0.4, -0.2) is 18.6 Å². The second-order valence-corrected chi connectivity index (χ2v) is 17.5. The monoisotopic (exact) mass is 726 g/mol. The predicted octanol–water partition coefficient (Wildman–Crippen LogP) is 8.15. The van der Waals surface area contributed by atoms with Gasteiger partial charge in [0.25, 0.3) is 5.99 Å². The summed E-state index contributed by atoms with van der Waals surface area (Å²) in [5, 5.41) is 1.90. The van der Waals surface area contributed by atoms with Gasteiger partial charge in [0.2, 0.25) is 0 Å². The molecule has 0 unspecified atom stereocenters. The number of hydrogen-bond donors (Lipinski definition) is 0. The Balaban J connectivity index is 1.33. The number of aromatic nitrogens is 1. The van der Waals surface area contributed by atoms with E-state index < -0.39 is 110 Å². The van der Waals surface area contributed by atoms with Crippen LogP contribution in [0.3, 0.4) is 0 Å². The minimum atomic E-state index is -3.87. The first kappa shape index (κ1) is 18.2. The topological polar surface area (TPSA) is 14.2 Å². The van der Waals surface area contributed by atoms with Gasteiger partial charge in [-0.05, 0) is 73.0 Å². The highest BCUT2D eigenvalue weighted by Gasteiger charge is 2.45. The van der Waals surface area contributed by atoms with Crippen molar-refractivity contribution in [3.63, 3.8) is 0 Å². The Morgan fingerprint density at radius 3 is 1.72 bits per heavy atom. The maximum Gasteiger partial charge on any atom is 0.289 e. The third kappa shape index (κ3) is 4.54. The van der Waals surface area contributed by atoms with Gasteiger partial charge in [-0.1, -0.05) is 157 Å². The smallest absolute Gasteiger partial charge is 0.289 e. The van der Waals surface area contributed by atoms with Crippen molar-refractivity contribution in [2.24, 2.45) is 0 Å². The maximum atomic E-state index is 10.5. The lowest BCUT2D eigenvalue weighted by Gasteiger charge is -2.38. The lowest BCUT2D eigenvalue weighted by atomic mass is 9.57. The predicted molar refractivity (Wildman–Crippen MR) is 227 cm³/mol. The molecule has 5 heteroatoms. The molecule has 1 aromatic heterocycles. The molecular weight excluding hydrogens is 677 g/mol. The van der Waals surface area contributed by atoms with Crippen LogP contribution in [-0.2, 0) is 0 Å². The second kappa shape index (κ2) is 12.0. The first-order valence-corrected chi connectivity index (χ1v) is 19.7. The number of para-hydroxylation sites is 2. The van der Waals surface area contributed by atoms with Crippen LogP contribution in [0.5, 0.6) is 11.5 Å². The fourth-order valence-electron chi connectivity index (χ4n) is 7.69. The van der Waals surface area contributed by atoms with Gasteiger partial charge < -0.3 is 9.30 Å². The van der Waals surface area contributed by atoms with E-state index in [4.69, 9.17) is 18.4 Å². The van der Waals surface area contributed by atoms with Crippen molar-refractivity contribution in [1.82, 2.24) is 4.57 Å². The zero-order valence-corrected chi connectivity index (χ0v) is 29.3. The average molecular weight is 727 g/mol. The van der Waals surface area contributed by atoms with Crippen LogP contribution in [0.25, 0.3) is 38.6 Å². The van der Waals surface area contributed by atoms with E-state index in [1.54, 1.807) is 0 Å². The molecule has 2 aliphatic heterocycles. The van der Waals surface area contributed by atoms with Crippen molar-refractivity contribution in [2.45, 2.75) is 4.90 Å². The van der Waals surface area contributed by atoms with E-state index in [2.05, 4.69) is 0 Å². The first-order chi connectivity index (χ1) is 33.4. The molecule has 8 aromatic carbocycles. The Morgan fingerprint density at radius 1 is 0.528 bits per heavy atom. The standard InChI is InChI=1S/C48H32BNOSSi/c1-4-16-34(17-5-1)53(35-18-6-2-7-19-35,36-20-8-3-9-21-36)37-31-41-40-24-12-15-27-47(40)52-49-42-29-28-33(30-45(42)51-46(32-37)48(41)49)50-43-25-13-10-22-38(43)39-23-11-14-26-44(39)50/h1-32H/i10D,11D,12D,13D,14D,15D,22D,23D,24D,25D,26D,27D,28D,29D,30D,31D,32D. The molecule has 2 aliphatic rings. The molecule has 0 fully saturated rings. The number of fused-ring (bicyclic) bond motifs is 7. The molecular formula is C48H32BNOSSi. The first-order valence-electron chi connectivity index (χ1n) is 25.3. The normalized spacial score (nSPS) is 17.4. The van der Waals surface area contributed by atoms with E-state index in [1.165, 1.54) is 0 Å². The van der Waals surface area contributed by atoms with Gasteiger partial charge in [-0.25, -0.2) is 0 Å². The summed E-state index contributed by atoms with van der Waals surface area (Å²) in [6.45, 7) is 0. The van der Waals surface area contributed by atoms with Gasteiger partial charge in [0.05, 0.1) is 34.3 Å². The van der Waals surface area contributed by atoms with Crippen molar-refractivity contribution in [2.75, 3.05) is 0 Å². The summed E-state index contributed by atoms with van der Waals surface area (Å²) in [7, 11) is -3.87. The summed E-state index contributed by atoms with van der Waals surface area (Å²) in [5.74, 6) is -1.77. The summed E-state index contributed by atoms with van der Waals surface area (Å²) < 4.78 is 165. The molecule has 0 amide bonds. The van der Waals surface area contributed by atoms with E-state index in [9.17, 15) is 9.60 Å². The fraction of sp³-hybridized carbons (Fsp3) is 0. The number of rotatable bonds is 5. The molecule has 3 heterocycles. The van der Waals surface area contributed by atoms with Gasteiger partial charge in [-0.2, -0.15) is 11.6 Å². The number of nitrogens with zero attached hydrogens (tertiary/aromatic N) is 1. The number of benzene rings is 8. The minimum absolute atomic E-state index is 0.00669. The zero-order chi connectivity index (χ0) is 49.7. The Labute approximate surface area is 338 Å². The lowest BCUT2D eigenvalue weighted by Crippen LogP contribution is -2.75. The lowest BCUT2D eigenvalue weighted by molar-refractivity contribution is 0.488. The van der Waals surface area contributed by atoms with E-state index in [0.717, 1.165) is 31.7 Å². The summed E-state index contributed by atoms with van der Waals surface area (Å²) in [6, 6.07) is 18.5. The molecule has 53 heavy (non-hydrogen) atoms. The quantitative estimate of drug-likeness (QED) is 0.131. The van der Waals surface area contributed by atoms with Crippen molar-refractivity contribution in [1.29, 1.82) is 0 Å². The fourth-order valence-corrected chi connectivity index (χ4v) is 13.5. The highest BCUT2D eigenvalue weighted by Crippen LogP contribution is 2.43. The van der Waals surface area contributed by atoms with Gasteiger partial charge in [0.15, 0.2) is 8.07 Å². The van der Waals surface area contributed by atoms with Crippen LogP contribution in [0.15, 0.2) is 199 Å². The molecule has 0 aliphatic carbocycles. The molecule has 0 spiro atoms. The molecule has 248 valence electrons. The van der Waals surface area contributed by atoms with Gasteiger partial charge in [-0.3, -0.25) is 0 Å². The molecule has 0 atom stereocenters. The SMILES string of the molecule is [2H]c1c([2H])c([2H])c2c(c1[2H])SB1c3c([2H])c([2H])c(-n4c5c([2H])c([2H])c([2H])c([2H])c5c5c([2H])c([2H])c([2H])c([2H])c54)c([2H])c3Oc3c([2H])c([Si](c4ccccc4)(c4ccccc4)c4ccccc4)c([2H])c-2c31. The summed E-state index contributed by atoms with van der Waals surface area (Å²) in [6.07, 6.45) is 0. The Hall–Kier alpha value is -6.01. The van der Waals surface area contributed by atoms with Crippen molar-refractivity contribution in [3.05, 3.63) is 194 Å². The van der Waals surface area contributed by atoms with Crippen LogP contribution in [0.4, 0.5) is 0 Å². The van der Waals surface area contributed by atoms with Gasteiger partial charge in [0.1, 0.15) is 11.5 Å². The highest BCUT2D eigenvalue weighted by molar-refractivity contribution is 8.28.